The van der Waals surface area contributed by atoms with Gasteiger partial charge in [-0.05, 0) is 91.8 Å². The number of fused-ring (bicyclic) bond motifs is 5. The van der Waals surface area contributed by atoms with E-state index in [1.54, 1.807) is 7.11 Å². The second-order valence-electron chi connectivity index (χ2n) is 9.32. The van der Waals surface area contributed by atoms with E-state index >= 15 is 0 Å². The van der Waals surface area contributed by atoms with Crippen molar-refractivity contribution in [2.24, 2.45) is 17.3 Å². The number of carbonyl (C=O) groups excluding carboxylic acids is 1. The van der Waals surface area contributed by atoms with Crippen molar-refractivity contribution in [2.45, 2.75) is 71.1 Å². The zero-order valence-electron chi connectivity index (χ0n) is 18.0. The van der Waals surface area contributed by atoms with E-state index in [0.29, 0.717) is 28.6 Å². The normalized spacial score (nSPS) is 30.2. The van der Waals surface area contributed by atoms with Crippen molar-refractivity contribution in [2.75, 3.05) is 19.0 Å². The largest absolute Gasteiger partial charge is 0.495 e. The van der Waals surface area contributed by atoms with Crippen LogP contribution in [0.4, 0.5) is 5.69 Å². The van der Waals surface area contributed by atoms with Gasteiger partial charge in [-0.25, -0.2) is 0 Å². The molecular weight excluding hydrogens is 380 g/mol. The summed E-state index contributed by atoms with van der Waals surface area (Å²) in [5.74, 6) is 3.10. The van der Waals surface area contributed by atoms with E-state index in [-0.39, 0.29) is 5.41 Å². The Morgan fingerprint density at radius 1 is 1.28 bits per heavy atom. The van der Waals surface area contributed by atoms with Crippen LogP contribution in [0.1, 0.15) is 75.8 Å². The summed E-state index contributed by atoms with van der Waals surface area (Å²) in [6, 6.07) is 4.48. The topological polar surface area (TPSA) is 50.4 Å². The zero-order chi connectivity index (χ0) is 20.6. The number of nitrogens with one attached hydrogen (secondary N) is 2. The average molecular weight is 415 g/mol. The Hall–Kier alpha value is -1.62. The van der Waals surface area contributed by atoms with Crippen molar-refractivity contribution >= 4 is 28.8 Å². The van der Waals surface area contributed by atoms with Crippen LogP contribution in [0, 0.1) is 17.3 Å². The van der Waals surface area contributed by atoms with Gasteiger partial charge in [-0.2, -0.15) is 0 Å². The van der Waals surface area contributed by atoms with E-state index in [9.17, 15) is 4.79 Å². The number of unbranched alkanes of at least 4 members (excludes halogenated alkanes) is 1. The van der Waals surface area contributed by atoms with E-state index < -0.39 is 0 Å². The van der Waals surface area contributed by atoms with Crippen molar-refractivity contribution in [3.8, 4) is 5.75 Å². The predicted molar refractivity (Wildman–Crippen MR) is 122 cm³/mol. The summed E-state index contributed by atoms with van der Waals surface area (Å²) < 4.78 is 5.68. The van der Waals surface area contributed by atoms with Gasteiger partial charge in [0.1, 0.15) is 11.5 Å². The molecule has 0 radical (unpaired) electrons. The van der Waals surface area contributed by atoms with Crippen molar-refractivity contribution in [3.63, 3.8) is 0 Å². The first-order valence-corrected chi connectivity index (χ1v) is 11.7. The van der Waals surface area contributed by atoms with Gasteiger partial charge in [0.05, 0.1) is 12.8 Å². The van der Waals surface area contributed by atoms with Gasteiger partial charge in [0.2, 0.25) is 0 Å². The van der Waals surface area contributed by atoms with Crippen LogP contribution >= 0.6 is 12.2 Å². The lowest BCUT2D eigenvalue weighted by atomic mass is 9.55. The smallest absolute Gasteiger partial charge is 0.170 e. The van der Waals surface area contributed by atoms with Gasteiger partial charge in [-0.1, -0.05) is 20.3 Å². The Kier molecular flexibility index (Phi) is 5.87. The third-order valence-corrected chi connectivity index (χ3v) is 8.06. The van der Waals surface area contributed by atoms with Gasteiger partial charge in [-0.15, -0.1) is 0 Å². The van der Waals surface area contributed by atoms with Gasteiger partial charge in [0, 0.05) is 18.4 Å². The van der Waals surface area contributed by atoms with Gasteiger partial charge >= 0.3 is 0 Å². The SMILES string of the molecule is CCCCNC(=S)Nc1cc2c(cc1OC)CC[C@@H]1[C@@H]2CC[C@]2(C)C(=O)CC[C@@H]12. The number of ketones is 1. The third-order valence-electron chi connectivity index (χ3n) is 7.82. The highest BCUT2D eigenvalue weighted by Gasteiger charge is 2.54. The molecule has 3 aliphatic rings. The molecule has 158 valence electrons. The number of rotatable bonds is 5. The van der Waals surface area contributed by atoms with E-state index in [2.05, 4.69) is 36.6 Å². The highest BCUT2D eigenvalue weighted by Crippen LogP contribution is 2.60. The molecule has 4 nitrogen and oxygen atoms in total. The maximum Gasteiger partial charge on any atom is 0.170 e. The fourth-order valence-electron chi connectivity index (χ4n) is 6.18. The Labute approximate surface area is 180 Å². The maximum absolute atomic E-state index is 12.6. The van der Waals surface area contributed by atoms with E-state index in [1.807, 2.05) is 0 Å². The summed E-state index contributed by atoms with van der Waals surface area (Å²) in [6.45, 7) is 5.29. The van der Waals surface area contributed by atoms with Crippen LogP contribution in [-0.4, -0.2) is 24.6 Å². The van der Waals surface area contributed by atoms with E-state index in [4.69, 9.17) is 17.0 Å². The minimum atomic E-state index is -0.0724. The molecule has 2 N–H and O–H groups in total. The summed E-state index contributed by atoms with van der Waals surface area (Å²) in [5.41, 5.74) is 3.74. The zero-order valence-corrected chi connectivity index (χ0v) is 18.8. The highest BCUT2D eigenvalue weighted by molar-refractivity contribution is 7.80. The van der Waals surface area contributed by atoms with Crippen molar-refractivity contribution in [1.82, 2.24) is 5.32 Å². The monoisotopic (exact) mass is 414 g/mol. The molecule has 4 atom stereocenters. The van der Waals surface area contributed by atoms with Crippen LogP contribution in [0.15, 0.2) is 12.1 Å². The number of thiocarbonyl (C=S) groups is 1. The molecular formula is C24H34N2O2S. The average Bonchev–Trinajstić information content (AvgIpc) is 3.02. The number of methoxy groups -OCH3 is 1. The number of ether oxygens (including phenoxy) is 1. The fraction of sp³-hybridized carbons (Fsp3) is 0.667. The molecule has 2 saturated carbocycles. The lowest BCUT2D eigenvalue weighted by molar-refractivity contribution is -0.129. The van der Waals surface area contributed by atoms with Crippen molar-refractivity contribution < 1.29 is 9.53 Å². The summed E-state index contributed by atoms with van der Waals surface area (Å²) in [7, 11) is 1.72. The Bertz CT molecular complexity index is 808. The molecule has 3 aliphatic carbocycles. The Balaban J connectivity index is 1.59. The second kappa shape index (κ2) is 8.25. The van der Waals surface area contributed by atoms with Crippen molar-refractivity contribution in [1.29, 1.82) is 0 Å². The number of aryl methyl sites for hydroxylation is 1. The molecule has 5 heteroatoms. The summed E-state index contributed by atoms with van der Waals surface area (Å²) in [5, 5.41) is 7.31. The molecule has 0 spiro atoms. The molecule has 0 aromatic heterocycles. The molecule has 1 aromatic rings. The van der Waals surface area contributed by atoms with Crippen LogP contribution in [-0.2, 0) is 11.2 Å². The van der Waals surface area contributed by atoms with Crippen LogP contribution < -0.4 is 15.4 Å². The number of hydrogen-bond donors (Lipinski definition) is 2. The first kappa shape index (κ1) is 20.6. The Morgan fingerprint density at radius 3 is 2.86 bits per heavy atom. The first-order valence-electron chi connectivity index (χ1n) is 11.3. The minimum Gasteiger partial charge on any atom is -0.495 e. The standard InChI is InChI=1S/C24H34N2O2S/c1-4-5-12-25-23(29)26-20-14-18-15(13-21(20)28-3)6-7-17-16(18)10-11-24(2)19(17)8-9-22(24)27/h13-14,16-17,19H,4-12H2,1-3H3,(H2,25,26,29)/t16-,17+,19-,24-/m0/s1. The number of hydrogen-bond acceptors (Lipinski definition) is 3. The molecule has 0 bridgehead atoms. The lowest BCUT2D eigenvalue weighted by Crippen LogP contribution is -2.42. The van der Waals surface area contributed by atoms with Gasteiger partial charge in [0.25, 0.3) is 0 Å². The van der Waals surface area contributed by atoms with Gasteiger partial charge < -0.3 is 15.4 Å². The van der Waals surface area contributed by atoms with E-state index in [1.165, 1.54) is 17.5 Å². The van der Waals surface area contributed by atoms with Crippen LogP contribution in [0.25, 0.3) is 0 Å². The number of Topliss-reactive ketones (excluding diaryl/α,β-unsaturated/α-hetero) is 1. The van der Waals surface area contributed by atoms with Crippen LogP contribution in [0.2, 0.25) is 0 Å². The lowest BCUT2D eigenvalue weighted by Gasteiger charge is -2.48. The molecule has 0 aliphatic heterocycles. The predicted octanol–water partition coefficient (Wildman–Crippen LogP) is 5.21. The van der Waals surface area contributed by atoms with Crippen LogP contribution in [0.3, 0.4) is 0 Å². The molecule has 0 saturated heterocycles. The molecule has 0 heterocycles. The molecule has 0 unspecified atom stereocenters. The third kappa shape index (κ3) is 3.67. The minimum absolute atomic E-state index is 0.0724. The highest BCUT2D eigenvalue weighted by atomic mass is 32.1. The Morgan fingerprint density at radius 2 is 2.10 bits per heavy atom. The molecule has 4 rings (SSSR count). The summed E-state index contributed by atoms with van der Waals surface area (Å²) in [4.78, 5) is 12.6. The van der Waals surface area contributed by atoms with E-state index in [0.717, 1.165) is 62.9 Å². The molecule has 0 amide bonds. The number of benzene rings is 1. The molecule has 1 aromatic carbocycles. The number of carbonyl (C=O) groups is 1. The quantitative estimate of drug-likeness (QED) is 0.512. The summed E-state index contributed by atoms with van der Waals surface area (Å²) in [6.07, 6.45) is 8.52. The van der Waals surface area contributed by atoms with Gasteiger partial charge in [0.15, 0.2) is 5.11 Å². The second-order valence-corrected chi connectivity index (χ2v) is 9.73. The fourth-order valence-corrected chi connectivity index (χ4v) is 6.39. The van der Waals surface area contributed by atoms with Gasteiger partial charge in [-0.3, -0.25) is 4.79 Å². The number of anilines is 1. The van der Waals surface area contributed by atoms with Crippen molar-refractivity contribution in [3.05, 3.63) is 23.3 Å². The molecule has 29 heavy (non-hydrogen) atoms. The maximum atomic E-state index is 12.6. The first-order chi connectivity index (χ1) is 14.0. The molecule has 2 fully saturated rings. The van der Waals surface area contributed by atoms with Crippen LogP contribution in [0.5, 0.6) is 5.75 Å². The summed E-state index contributed by atoms with van der Waals surface area (Å²) >= 11 is 5.50.